The van der Waals surface area contributed by atoms with Crippen LogP contribution in [0.2, 0.25) is 0 Å². The fraction of sp³-hybridized carbons (Fsp3) is 0.421. The van der Waals surface area contributed by atoms with Crippen LogP contribution in [0.3, 0.4) is 0 Å². The van der Waals surface area contributed by atoms with Crippen LogP contribution < -0.4 is 0 Å². The van der Waals surface area contributed by atoms with Gasteiger partial charge in [-0.1, -0.05) is 37.3 Å². The number of likely N-dealkylation sites (N-methyl/N-ethyl adjacent to an activating group) is 1. The molecule has 0 spiro atoms. The number of nitrogens with zero attached hydrogens (tertiary/aromatic N) is 4. The molecule has 1 unspecified atom stereocenters. The zero-order chi connectivity index (χ0) is 18.0. The molecule has 1 saturated heterocycles. The highest BCUT2D eigenvalue weighted by atomic mass is 16.2. The third-order valence-corrected chi connectivity index (χ3v) is 4.68. The molecular formula is C19H24N4O2. The summed E-state index contributed by atoms with van der Waals surface area (Å²) < 4.78 is 1.80. The molecule has 6 nitrogen and oxygen atoms in total. The lowest BCUT2D eigenvalue weighted by atomic mass is 10.1. The van der Waals surface area contributed by atoms with E-state index in [1.54, 1.807) is 4.68 Å². The van der Waals surface area contributed by atoms with Crippen molar-refractivity contribution in [2.45, 2.75) is 38.9 Å². The summed E-state index contributed by atoms with van der Waals surface area (Å²) in [6.45, 7) is 3.02. The van der Waals surface area contributed by atoms with Crippen molar-refractivity contribution in [1.29, 1.82) is 0 Å². The van der Waals surface area contributed by atoms with Gasteiger partial charge in [-0.25, -0.2) is 0 Å². The Kier molecular flexibility index (Phi) is 4.99. The van der Waals surface area contributed by atoms with Crippen molar-refractivity contribution < 1.29 is 9.59 Å². The van der Waals surface area contributed by atoms with Gasteiger partial charge in [0.25, 0.3) is 0 Å². The van der Waals surface area contributed by atoms with Gasteiger partial charge < -0.3 is 0 Å². The number of likely N-dealkylation sites (tertiary alicyclic amines) is 1. The van der Waals surface area contributed by atoms with Crippen molar-refractivity contribution >= 4 is 11.8 Å². The van der Waals surface area contributed by atoms with Crippen molar-refractivity contribution in [3.63, 3.8) is 0 Å². The van der Waals surface area contributed by atoms with Crippen LogP contribution in [0.25, 0.3) is 0 Å². The molecule has 0 radical (unpaired) electrons. The third-order valence-electron chi connectivity index (χ3n) is 4.68. The average molecular weight is 340 g/mol. The van der Waals surface area contributed by atoms with E-state index < -0.39 is 6.04 Å². The van der Waals surface area contributed by atoms with Crippen molar-refractivity contribution in [2.24, 2.45) is 7.05 Å². The van der Waals surface area contributed by atoms with E-state index in [-0.39, 0.29) is 18.2 Å². The maximum absolute atomic E-state index is 12.8. The minimum Gasteiger partial charge on any atom is -0.290 e. The molecule has 1 aromatic carbocycles. The Bertz CT molecular complexity index is 769. The van der Waals surface area contributed by atoms with Gasteiger partial charge in [0.1, 0.15) is 0 Å². The van der Waals surface area contributed by atoms with Gasteiger partial charge in [-0.15, -0.1) is 0 Å². The van der Waals surface area contributed by atoms with E-state index in [9.17, 15) is 9.59 Å². The molecule has 0 N–H and O–H groups in total. The number of imide groups is 1. The summed E-state index contributed by atoms with van der Waals surface area (Å²) in [4.78, 5) is 28.4. The van der Waals surface area contributed by atoms with Crippen molar-refractivity contribution in [2.75, 3.05) is 7.05 Å². The van der Waals surface area contributed by atoms with Gasteiger partial charge in [0.2, 0.25) is 11.8 Å². The second-order valence-corrected chi connectivity index (χ2v) is 6.57. The van der Waals surface area contributed by atoms with Gasteiger partial charge in [-0.2, -0.15) is 5.10 Å². The maximum atomic E-state index is 12.8. The first-order chi connectivity index (χ1) is 12.0. The number of hydrogen-bond acceptors (Lipinski definition) is 4. The largest absolute Gasteiger partial charge is 0.290 e. The lowest BCUT2D eigenvalue weighted by molar-refractivity contribution is -0.140. The molecule has 0 bridgehead atoms. The molecule has 2 amide bonds. The van der Waals surface area contributed by atoms with E-state index in [0.29, 0.717) is 13.1 Å². The Labute approximate surface area is 148 Å². The molecular weight excluding hydrogens is 316 g/mol. The predicted octanol–water partition coefficient (Wildman–Crippen LogP) is 1.74. The summed E-state index contributed by atoms with van der Waals surface area (Å²) in [5.74, 6) is -0.217. The zero-order valence-corrected chi connectivity index (χ0v) is 15.0. The van der Waals surface area contributed by atoms with Crippen molar-refractivity contribution in [1.82, 2.24) is 19.6 Å². The molecule has 1 aliphatic heterocycles. The molecule has 25 heavy (non-hydrogen) atoms. The highest BCUT2D eigenvalue weighted by molar-refractivity contribution is 6.05. The van der Waals surface area contributed by atoms with E-state index in [1.165, 1.54) is 4.90 Å². The average Bonchev–Trinajstić information content (AvgIpc) is 3.09. The number of hydrogen-bond donors (Lipinski definition) is 0. The lowest BCUT2D eigenvalue weighted by Gasteiger charge is -2.22. The van der Waals surface area contributed by atoms with Crippen LogP contribution in [0.5, 0.6) is 0 Å². The second kappa shape index (κ2) is 7.19. The van der Waals surface area contributed by atoms with Gasteiger partial charge >= 0.3 is 0 Å². The van der Waals surface area contributed by atoms with Crippen LogP contribution in [0.4, 0.5) is 0 Å². The zero-order valence-electron chi connectivity index (χ0n) is 15.0. The number of aryl methyl sites for hydroxylation is 2. The number of amides is 2. The molecule has 2 aromatic rings. The summed E-state index contributed by atoms with van der Waals surface area (Å²) >= 11 is 0. The number of carbonyl (C=O) groups is 2. The Balaban J connectivity index is 1.70. The van der Waals surface area contributed by atoms with Crippen LogP contribution in [0.15, 0.2) is 36.5 Å². The van der Waals surface area contributed by atoms with Crippen LogP contribution in [0.1, 0.15) is 30.2 Å². The number of benzene rings is 1. The van der Waals surface area contributed by atoms with Crippen LogP contribution in [0, 0.1) is 0 Å². The number of rotatable bonds is 6. The summed E-state index contributed by atoms with van der Waals surface area (Å²) in [6, 6.07) is 9.22. The Morgan fingerprint density at radius 2 is 1.96 bits per heavy atom. The van der Waals surface area contributed by atoms with Crippen LogP contribution in [-0.2, 0) is 36.1 Å². The van der Waals surface area contributed by atoms with Gasteiger partial charge in [0, 0.05) is 25.4 Å². The van der Waals surface area contributed by atoms with Crippen LogP contribution in [-0.4, -0.2) is 44.5 Å². The van der Waals surface area contributed by atoms with E-state index >= 15 is 0 Å². The van der Waals surface area contributed by atoms with Gasteiger partial charge in [0.15, 0.2) is 0 Å². The normalized spacial score (nSPS) is 17.8. The molecule has 3 rings (SSSR count). The molecule has 0 saturated carbocycles. The van der Waals surface area contributed by atoms with E-state index in [0.717, 1.165) is 23.2 Å². The quantitative estimate of drug-likeness (QED) is 0.752. The SMILES string of the molecule is CCc1nn(C)cc1CN(C)C1CC(=O)N(Cc2ccccc2)C1=O. The minimum absolute atomic E-state index is 0.104. The van der Waals surface area contributed by atoms with E-state index in [1.807, 2.05) is 55.5 Å². The molecule has 1 aliphatic rings. The molecule has 132 valence electrons. The molecule has 2 heterocycles. The predicted molar refractivity (Wildman–Crippen MR) is 94.5 cm³/mol. The third kappa shape index (κ3) is 3.64. The highest BCUT2D eigenvalue weighted by Gasteiger charge is 2.40. The Hall–Kier alpha value is -2.47. The second-order valence-electron chi connectivity index (χ2n) is 6.57. The first-order valence-electron chi connectivity index (χ1n) is 8.59. The molecule has 0 aliphatic carbocycles. The van der Waals surface area contributed by atoms with Crippen LogP contribution >= 0.6 is 0 Å². The topological polar surface area (TPSA) is 58.4 Å². The van der Waals surface area contributed by atoms with Gasteiger partial charge in [-0.3, -0.25) is 24.1 Å². The number of carbonyl (C=O) groups excluding carboxylic acids is 2. The summed E-state index contributed by atoms with van der Waals surface area (Å²) in [7, 11) is 3.79. The van der Waals surface area contributed by atoms with E-state index in [4.69, 9.17) is 0 Å². The smallest absolute Gasteiger partial charge is 0.247 e. The molecule has 1 aromatic heterocycles. The summed E-state index contributed by atoms with van der Waals surface area (Å²) in [5.41, 5.74) is 3.11. The fourth-order valence-corrected chi connectivity index (χ4v) is 3.33. The molecule has 1 fully saturated rings. The molecule has 6 heteroatoms. The van der Waals surface area contributed by atoms with Crippen molar-refractivity contribution in [3.8, 4) is 0 Å². The monoisotopic (exact) mass is 340 g/mol. The van der Waals surface area contributed by atoms with E-state index in [2.05, 4.69) is 12.0 Å². The standard InChI is InChI=1S/C19H24N4O2/c1-4-16-15(13-22(3)20-16)12-21(2)17-10-18(24)23(19(17)25)11-14-8-6-5-7-9-14/h5-9,13,17H,4,10-12H2,1-3H3. The Morgan fingerprint density at radius 3 is 2.64 bits per heavy atom. The van der Waals surface area contributed by atoms with Crippen molar-refractivity contribution in [3.05, 3.63) is 53.3 Å². The summed E-state index contributed by atoms with van der Waals surface area (Å²) in [5, 5.41) is 4.44. The molecule has 1 atom stereocenters. The maximum Gasteiger partial charge on any atom is 0.247 e. The fourth-order valence-electron chi connectivity index (χ4n) is 3.33. The van der Waals surface area contributed by atoms with Gasteiger partial charge in [-0.05, 0) is 19.0 Å². The first kappa shape index (κ1) is 17.4. The highest BCUT2D eigenvalue weighted by Crippen LogP contribution is 2.22. The van der Waals surface area contributed by atoms with Gasteiger partial charge in [0.05, 0.1) is 24.7 Å². The first-order valence-corrected chi connectivity index (χ1v) is 8.59. The Morgan fingerprint density at radius 1 is 1.24 bits per heavy atom. The minimum atomic E-state index is -0.402. The lowest BCUT2D eigenvalue weighted by Crippen LogP contribution is -2.39. The summed E-state index contributed by atoms with van der Waals surface area (Å²) in [6.07, 6.45) is 3.07. The number of aromatic nitrogens is 2.